The van der Waals surface area contributed by atoms with Crippen molar-refractivity contribution in [3.05, 3.63) is 17.0 Å². The standard InChI is InChI=1S/C14H26N2O3S2/c1-4-9-19-10-5-8-16-21(17,18)14-7-6-13(20-14)11-15-12(2)3/h6-7,12,15-16H,4-5,8-11H2,1-3H3. The molecule has 0 aliphatic rings. The SMILES string of the molecule is CCCOCCCNS(=O)(=O)c1ccc(CNC(C)C)s1. The maximum absolute atomic E-state index is 12.1. The van der Waals surface area contributed by atoms with Crippen molar-refractivity contribution in [3.8, 4) is 0 Å². The molecular formula is C14H26N2O3S2. The zero-order chi connectivity index (χ0) is 15.7. The van der Waals surface area contributed by atoms with Crippen LogP contribution < -0.4 is 10.0 Å². The van der Waals surface area contributed by atoms with Gasteiger partial charge in [0.1, 0.15) is 4.21 Å². The topological polar surface area (TPSA) is 67.4 Å². The zero-order valence-electron chi connectivity index (χ0n) is 13.0. The first-order chi connectivity index (χ1) is 9.95. The fraction of sp³-hybridized carbons (Fsp3) is 0.714. The Kier molecular flexibility index (Phi) is 8.43. The predicted molar refractivity (Wildman–Crippen MR) is 87.2 cm³/mol. The maximum atomic E-state index is 12.1. The molecule has 0 radical (unpaired) electrons. The van der Waals surface area contributed by atoms with Crippen LogP contribution in [0.5, 0.6) is 0 Å². The molecule has 0 atom stereocenters. The van der Waals surface area contributed by atoms with Crippen molar-refractivity contribution in [1.82, 2.24) is 10.0 Å². The second kappa shape index (κ2) is 9.53. The van der Waals surface area contributed by atoms with Crippen LogP contribution >= 0.6 is 11.3 Å². The Labute approximate surface area is 132 Å². The van der Waals surface area contributed by atoms with E-state index >= 15 is 0 Å². The van der Waals surface area contributed by atoms with Crippen LogP contribution in [0.25, 0.3) is 0 Å². The summed E-state index contributed by atoms with van der Waals surface area (Å²) in [4.78, 5) is 1.02. The van der Waals surface area contributed by atoms with E-state index in [9.17, 15) is 8.42 Å². The van der Waals surface area contributed by atoms with Crippen LogP contribution in [0.2, 0.25) is 0 Å². The molecule has 0 aromatic carbocycles. The van der Waals surface area contributed by atoms with E-state index < -0.39 is 10.0 Å². The van der Waals surface area contributed by atoms with Crippen LogP contribution in [-0.4, -0.2) is 34.2 Å². The Morgan fingerprint density at radius 1 is 1.29 bits per heavy atom. The molecular weight excluding hydrogens is 308 g/mol. The molecule has 0 amide bonds. The van der Waals surface area contributed by atoms with E-state index in [1.807, 2.05) is 13.0 Å². The number of hydrogen-bond donors (Lipinski definition) is 2. The second-order valence-electron chi connectivity index (χ2n) is 5.12. The lowest BCUT2D eigenvalue weighted by molar-refractivity contribution is 0.133. The zero-order valence-corrected chi connectivity index (χ0v) is 14.6. The molecule has 0 unspecified atom stereocenters. The molecule has 1 heterocycles. The summed E-state index contributed by atoms with van der Waals surface area (Å²) >= 11 is 1.31. The summed E-state index contributed by atoms with van der Waals surface area (Å²) in [6, 6.07) is 3.91. The fourth-order valence-corrected chi connectivity index (χ4v) is 4.03. The Hall–Kier alpha value is -0.470. The van der Waals surface area contributed by atoms with Gasteiger partial charge in [-0.15, -0.1) is 11.3 Å². The van der Waals surface area contributed by atoms with Crippen molar-refractivity contribution in [2.45, 2.75) is 50.4 Å². The van der Waals surface area contributed by atoms with Crippen LogP contribution in [0.15, 0.2) is 16.3 Å². The van der Waals surface area contributed by atoms with Gasteiger partial charge in [-0.05, 0) is 25.0 Å². The molecule has 0 aliphatic heterocycles. The molecule has 0 fully saturated rings. The third-order valence-electron chi connectivity index (χ3n) is 2.69. The van der Waals surface area contributed by atoms with E-state index in [0.717, 1.165) is 17.9 Å². The first kappa shape index (κ1) is 18.6. The first-order valence-electron chi connectivity index (χ1n) is 7.35. The minimum Gasteiger partial charge on any atom is -0.381 e. The quantitative estimate of drug-likeness (QED) is 0.610. The monoisotopic (exact) mass is 334 g/mol. The Morgan fingerprint density at radius 3 is 2.71 bits per heavy atom. The van der Waals surface area contributed by atoms with E-state index in [2.05, 4.69) is 23.9 Å². The van der Waals surface area contributed by atoms with Crippen LogP contribution in [0.4, 0.5) is 0 Å². The third-order valence-corrected chi connectivity index (χ3v) is 5.73. The highest BCUT2D eigenvalue weighted by atomic mass is 32.2. The van der Waals surface area contributed by atoms with Gasteiger partial charge in [0.2, 0.25) is 10.0 Å². The van der Waals surface area contributed by atoms with Crippen LogP contribution in [0.1, 0.15) is 38.5 Å². The van der Waals surface area contributed by atoms with Gasteiger partial charge in [-0.25, -0.2) is 13.1 Å². The number of hydrogen-bond acceptors (Lipinski definition) is 5. The van der Waals surface area contributed by atoms with Crippen LogP contribution in [-0.2, 0) is 21.3 Å². The maximum Gasteiger partial charge on any atom is 0.250 e. The summed E-state index contributed by atoms with van der Waals surface area (Å²) in [5.74, 6) is 0. The number of thiophene rings is 1. The number of nitrogens with one attached hydrogen (secondary N) is 2. The Morgan fingerprint density at radius 2 is 2.05 bits per heavy atom. The van der Waals surface area contributed by atoms with Gasteiger partial charge in [0.25, 0.3) is 0 Å². The van der Waals surface area contributed by atoms with Gasteiger partial charge < -0.3 is 10.1 Å². The molecule has 0 saturated carbocycles. The summed E-state index contributed by atoms with van der Waals surface area (Å²) in [6.07, 6.45) is 1.67. The summed E-state index contributed by atoms with van der Waals surface area (Å²) in [7, 11) is -3.39. The molecule has 1 rings (SSSR count). The Balaban J connectivity index is 2.40. The van der Waals surface area contributed by atoms with Crippen molar-refractivity contribution in [1.29, 1.82) is 0 Å². The van der Waals surface area contributed by atoms with Crippen LogP contribution in [0.3, 0.4) is 0 Å². The summed E-state index contributed by atoms with van der Waals surface area (Å²) in [6.45, 7) is 8.59. The molecule has 1 aromatic heterocycles. The average Bonchev–Trinajstić information content (AvgIpc) is 2.90. The molecule has 0 bridgehead atoms. The van der Waals surface area contributed by atoms with Gasteiger partial charge in [0, 0.05) is 37.2 Å². The highest BCUT2D eigenvalue weighted by Gasteiger charge is 2.16. The molecule has 0 spiro atoms. The number of rotatable bonds is 11. The van der Waals surface area contributed by atoms with Crippen molar-refractivity contribution in [2.24, 2.45) is 0 Å². The third kappa shape index (κ3) is 7.37. The lowest BCUT2D eigenvalue weighted by atomic mass is 10.4. The number of sulfonamides is 1. The minimum atomic E-state index is -3.39. The van der Waals surface area contributed by atoms with Crippen molar-refractivity contribution in [2.75, 3.05) is 19.8 Å². The molecule has 7 heteroatoms. The first-order valence-corrected chi connectivity index (χ1v) is 9.65. The van der Waals surface area contributed by atoms with Gasteiger partial charge in [-0.1, -0.05) is 20.8 Å². The molecule has 1 aromatic rings. The fourth-order valence-electron chi connectivity index (χ4n) is 1.60. The van der Waals surface area contributed by atoms with Crippen molar-refractivity contribution >= 4 is 21.4 Å². The van der Waals surface area contributed by atoms with E-state index in [1.165, 1.54) is 11.3 Å². The van der Waals surface area contributed by atoms with Gasteiger partial charge in [0.05, 0.1) is 0 Å². The number of ether oxygens (including phenoxy) is 1. The van der Waals surface area contributed by atoms with Crippen molar-refractivity contribution in [3.63, 3.8) is 0 Å². The van der Waals surface area contributed by atoms with Gasteiger partial charge in [-0.2, -0.15) is 0 Å². The normalized spacial score (nSPS) is 12.2. The largest absolute Gasteiger partial charge is 0.381 e. The van der Waals surface area contributed by atoms with Crippen molar-refractivity contribution < 1.29 is 13.2 Å². The van der Waals surface area contributed by atoms with E-state index in [4.69, 9.17) is 4.74 Å². The molecule has 0 aliphatic carbocycles. The molecule has 0 saturated heterocycles. The minimum absolute atomic E-state index is 0.373. The Bertz CT molecular complexity index is 498. The molecule has 5 nitrogen and oxygen atoms in total. The summed E-state index contributed by atoms with van der Waals surface area (Å²) in [5.41, 5.74) is 0. The molecule has 2 N–H and O–H groups in total. The average molecular weight is 335 g/mol. The highest BCUT2D eigenvalue weighted by molar-refractivity contribution is 7.91. The summed E-state index contributed by atoms with van der Waals surface area (Å²) in [5, 5.41) is 3.28. The van der Waals surface area contributed by atoms with E-state index in [-0.39, 0.29) is 0 Å². The van der Waals surface area contributed by atoms with Gasteiger partial charge in [-0.3, -0.25) is 0 Å². The summed E-state index contributed by atoms with van der Waals surface area (Å²) < 4.78 is 32.5. The highest BCUT2D eigenvalue weighted by Crippen LogP contribution is 2.21. The van der Waals surface area contributed by atoms with Crippen LogP contribution in [0, 0.1) is 0 Å². The van der Waals surface area contributed by atoms with E-state index in [0.29, 0.717) is 36.4 Å². The lowest BCUT2D eigenvalue weighted by Gasteiger charge is -2.06. The second-order valence-corrected chi connectivity index (χ2v) is 8.28. The van der Waals surface area contributed by atoms with E-state index in [1.54, 1.807) is 6.07 Å². The molecule has 122 valence electrons. The molecule has 21 heavy (non-hydrogen) atoms. The predicted octanol–water partition coefficient (Wildman–Crippen LogP) is 2.34. The van der Waals surface area contributed by atoms with Gasteiger partial charge in [0.15, 0.2) is 0 Å². The lowest BCUT2D eigenvalue weighted by Crippen LogP contribution is -2.25. The van der Waals surface area contributed by atoms with Gasteiger partial charge >= 0.3 is 0 Å². The smallest absolute Gasteiger partial charge is 0.250 e.